The van der Waals surface area contributed by atoms with Crippen molar-refractivity contribution in [2.75, 3.05) is 5.75 Å². The molecule has 0 bridgehead atoms. The zero-order valence-corrected chi connectivity index (χ0v) is 10.0. The van der Waals surface area contributed by atoms with E-state index in [9.17, 15) is 9.18 Å². The monoisotopic (exact) mass is 237 g/mol. The van der Waals surface area contributed by atoms with E-state index < -0.39 is 5.95 Å². The van der Waals surface area contributed by atoms with Gasteiger partial charge in [-0.15, -0.1) is 0 Å². The Kier molecular flexibility index (Phi) is 5.00. The molecule has 2 nitrogen and oxygen atoms in total. The fourth-order valence-electron chi connectivity index (χ4n) is 1.05. The molecule has 1 aromatic rings. The molecule has 0 saturated heterocycles. The molecule has 84 valence electrons. The second-order valence-corrected chi connectivity index (χ2v) is 4.44. The number of carbonyl (C=O) groups excluding carboxylic acids is 1. The van der Waals surface area contributed by atoms with Gasteiger partial charge in [-0.3, -0.25) is 4.79 Å². The fraction of sp³-hybridized carbons (Fsp3) is 0.333. The van der Waals surface area contributed by atoms with Crippen LogP contribution in [0.15, 0.2) is 12.3 Å². The van der Waals surface area contributed by atoms with Crippen molar-refractivity contribution in [1.82, 2.24) is 4.98 Å². The van der Waals surface area contributed by atoms with E-state index in [-0.39, 0.29) is 5.12 Å². The maximum Gasteiger partial charge on any atom is 0.216 e. The lowest BCUT2D eigenvalue weighted by Gasteiger charge is -1.97. The molecular weight excluding hydrogens is 225 g/mol. The normalized spacial score (nSPS) is 9.44. The van der Waals surface area contributed by atoms with Gasteiger partial charge in [0.05, 0.1) is 0 Å². The van der Waals surface area contributed by atoms with E-state index in [0.29, 0.717) is 23.3 Å². The van der Waals surface area contributed by atoms with Crippen LogP contribution in [0.3, 0.4) is 0 Å². The summed E-state index contributed by atoms with van der Waals surface area (Å²) in [5.41, 5.74) is 1.12. The lowest BCUT2D eigenvalue weighted by atomic mass is 10.1. The van der Waals surface area contributed by atoms with Crippen molar-refractivity contribution in [3.8, 4) is 11.8 Å². The van der Waals surface area contributed by atoms with Crippen molar-refractivity contribution in [2.45, 2.75) is 20.3 Å². The van der Waals surface area contributed by atoms with Crippen LogP contribution in [0.2, 0.25) is 0 Å². The predicted octanol–water partition coefficient (Wildman–Crippen LogP) is 2.55. The third-order valence-electron chi connectivity index (χ3n) is 1.90. The van der Waals surface area contributed by atoms with Crippen molar-refractivity contribution < 1.29 is 9.18 Å². The van der Waals surface area contributed by atoms with Gasteiger partial charge in [0.2, 0.25) is 5.95 Å². The second kappa shape index (κ2) is 6.29. The van der Waals surface area contributed by atoms with Crippen LogP contribution in [0.4, 0.5) is 4.39 Å². The van der Waals surface area contributed by atoms with Gasteiger partial charge >= 0.3 is 0 Å². The van der Waals surface area contributed by atoms with Gasteiger partial charge in [0.15, 0.2) is 5.12 Å². The molecule has 4 heteroatoms. The Hall–Kier alpha value is -1.34. The summed E-state index contributed by atoms with van der Waals surface area (Å²) in [7, 11) is 0. The zero-order chi connectivity index (χ0) is 12.0. The molecule has 0 aromatic carbocycles. The van der Waals surface area contributed by atoms with E-state index in [1.54, 1.807) is 13.0 Å². The van der Waals surface area contributed by atoms with Crippen LogP contribution in [0.5, 0.6) is 0 Å². The summed E-state index contributed by atoms with van der Waals surface area (Å²) < 4.78 is 13.0. The molecule has 0 aliphatic carbocycles. The second-order valence-electron chi connectivity index (χ2n) is 3.17. The molecule has 0 radical (unpaired) electrons. The number of rotatable bonds is 2. The van der Waals surface area contributed by atoms with E-state index in [1.807, 2.05) is 0 Å². The largest absolute Gasteiger partial charge is 0.288 e. The zero-order valence-electron chi connectivity index (χ0n) is 9.21. The number of hydrogen-bond acceptors (Lipinski definition) is 3. The maximum absolute atomic E-state index is 13.0. The third-order valence-corrected chi connectivity index (χ3v) is 2.71. The van der Waals surface area contributed by atoms with Gasteiger partial charge in [-0.2, -0.15) is 4.39 Å². The summed E-state index contributed by atoms with van der Waals surface area (Å²) in [4.78, 5) is 14.2. The minimum absolute atomic E-state index is 0.0907. The molecule has 0 amide bonds. The number of aromatic nitrogens is 1. The fourth-order valence-corrected chi connectivity index (χ4v) is 1.54. The van der Waals surface area contributed by atoms with Crippen molar-refractivity contribution in [3.63, 3.8) is 0 Å². The Morgan fingerprint density at radius 2 is 2.38 bits per heavy atom. The minimum Gasteiger partial charge on any atom is -0.288 e. The summed E-state index contributed by atoms with van der Waals surface area (Å²) in [6, 6.07) is 1.68. The van der Waals surface area contributed by atoms with Gasteiger partial charge in [0.25, 0.3) is 0 Å². The number of halogens is 1. The molecule has 0 atom stereocenters. The van der Waals surface area contributed by atoms with E-state index in [0.717, 1.165) is 0 Å². The van der Waals surface area contributed by atoms with Crippen molar-refractivity contribution in [2.24, 2.45) is 0 Å². The van der Waals surface area contributed by atoms with Gasteiger partial charge in [0, 0.05) is 36.4 Å². The average molecular weight is 237 g/mol. The Morgan fingerprint density at radius 3 is 3.06 bits per heavy atom. The summed E-state index contributed by atoms with van der Waals surface area (Å²) in [5.74, 6) is 5.97. The number of nitrogens with zero attached hydrogens (tertiary/aromatic N) is 1. The molecule has 0 fully saturated rings. The lowest BCUT2D eigenvalue weighted by Crippen LogP contribution is -1.91. The minimum atomic E-state index is -0.482. The van der Waals surface area contributed by atoms with Crippen molar-refractivity contribution in [3.05, 3.63) is 29.3 Å². The van der Waals surface area contributed by atoms with Crippen molar-refractivity contribution >= 4 is 16.9 Å². The maximum atomic E-state index is 13.0. The van der Waals surface area contributed by atoms with Crippen LogP contribution in [0.25, 0.3) is 0 Å². The van der Waals surface area contributed by atoms with Gasteiger partial charge in [-0.25, -0.2) is 4.98 Å². The SMILES string of the molecule is CC(=O)SCCC#Cc1ccnc(F)c1C. The van der Waals surface area contributed by atoms with Crippen LogP contribution in [-0.4, -0.2) is 15.9 Å². The van der Waals surface area contributed by atoms with E-state index in [4.69, 9.17) is 0 Å². The summed E-state index contributed by atoms with van der Waals surface area (Å²) in [6.45, 7) is 3.18. The molecule has 0 saturated carbocycles. The van der Waals surface area contributed by atoms with E-state index >= 15 is 0 Å². The predicted molar refractivity (Wildman–Crippen MR) is 63.6 cm³/mol. The first-order valence-electron chi connectivity index (χ1n) is 4.84. The third kappa shape index (κ3) is 4.03. The van der Waals surface area contributed by atoms with E-state index in [1.165, 1.54) is 24.9 Å². The first-order valence-corrected chi connectivity index (χ1v) is 5.83. The molecule has 0 N–H and O–H groups in total. The summed E-state index contributed by atoms with van der Waals surface area (Å²) in [5, 5.41) is 0.0907. The molecule has 0 spiro atoms. The first kappa shape index (κ1) is 12.7. The van der Waals surface area contributed by atoms with Gasteiger partial charge in [-0.05, 0) is 13.0 Å². The molecule has 16 heavy (non-hydrogen) atoms. The topological polar surface area (TPSA) is 30.0 Å². The van der Waals surface area contributed by atoms with E-state index in [2.05, 4.69) is 16.8 Å². The summed E-state index contributed by atoms with van der Waals surface area (Å²) in [6.07, 6.45) is 2.02. The smallest absolute Gasteiger partial charge is 0.216 e. The molecule has 0 aliphatic rings. The highest BCUT2D eigenvalue weighted by molar-refractivity contribution is 8.13. The molecular formula is C12H12FNOS. The Labute approximate surface area is 98.7 Å². The number of thioether (sulfide) groups is 1. The van der Waals surface area contributed by atoms with Crippen LogP contribution in [0, 0.1) is 24.7 Å². The Balaban J connectivity index is 2.56. The number of carbonyl (C=O) groups is 1. The highest BCUT2D eigenvalue weighted by Crippen LogP contribution is 2.08. The lowest BCUT2D eigenvalue weighted by molar-refractivity contribution is -0.109. The molecule has 0 aliphatic heterocycles. The Bertz CT molecular complexity index is 448. The molecule has 0 unspecified atom stereocenters. The highest BCUT2D eigenvalue weighted by atomic mass is 32.2. The quantitative estimate of drug-likeness (QED) is 0.450. The molecule has 1 rings (SSSR count). The number of hydrogen-bond donors (Lipinski definition) is 0. The van der Waals surface area contributed by atoms with Gasteiger partial charge < -0.3 is 0 Å². The highest BCUT2D eigenvalue weighted by Gasteiger charge is 2.00. The van der Waals surface area contributed by atoms with Crippen LogP contribution in [0.1, 0.15) is 24.5 Å². The van der Waals surface area contributed by atoms with Gasteiger partial charge in [0.1, 0.15) is 0 Å². The van der Waals surface area contributed by atoms with Gasteiger partial charge in [-0.1, -0.05) is 23.6 Å². The van der Waals surface area contributed by atoms with Crippen LogP contribution >= 0.6 is 11.8 Å². The molecule has 1 heterocycles. The van der Waals surface area contributed by atoms with Crippen molar-refractivity contribution in [1.29, 1.82) is 0 Å². The van der Waals surface area contributed by atoms with Crippen LogP contribution < -0.4 is 0 Å². The average Bonchev–Trinajstić information content (AvgIpc) is 2.23. The number of pyridine rings is 1. The first-order chi connectivity index (χ1) is 7.61. The standard InChI is InChI=1S/C12H12FNOS/c1-9-11(6-7-14-12(9)13)5-3-4-8-16-10(2)15/h6-7H,4,8H2,1-2H3. The Morgan fingerprint density at radius 1 is 1.62 bits per heavy atom. The van der Waals surface area contributed by atoms with Crippen LogP contribution in [-0.2, 0) is 4.79 Å². The molecule has 1 aromatic heterocycles. The summed E-state index contributed by atoms with van der Waals surface area (Å²) >= 11 is 1.25.